The van der Waals surface area contributed by atoms with Gasteiger partial charge in [0.2, 0.25) is 0 Å². The van der Waals surface area contributed by atoms with E-state index in [1.807, 2.05) is 0 Å². The lowest BCUT2D eigenvalue weighted by Gasteiger charge is -1.80. The van der Waals surface area contributed by atoms with Crippen molar-refractivity contribution in [2.24, 2.45) is 5.18 Å². The molecular weight excluding hydrogens is 140 g/mol. The molecule has 0 radical (unpaired) electrons. The van der Waals surface area contributed by atoms with Crippen molar-refractivity contribution in [3.63, 3.8) is 0 Å². The molecule has 4 heteroatoms. The van der Waals surface area contributed by atoms with Crippen molar-refractivity contribution in [2.75, 3.05) is 0 Å². The van der Waals surface area contributed by atoms with Crippen LogP contribution in [0.25, 0.3) is 0 Å². The number of aromatic nitrogens is 1. The third kappa shape index (κ3) is 1.47. The molecule has 0 aliphatic carbocycles. The highest BCUT2D eigenvalue weighted by Crippen LogP contribution is 2.11. The van der Waals surface area contributed by atoms with E-state index >= 15 is 0 Å². The Morgan fingerprint density at radius 2 is 2.44 bits per heavy atom. The summed E-state index contributed by atoms with van der Waals surface area (Å²) in [5.74, 6) is 0. The number of halogens is 1. The molecule has 1 N–H and O–H groups in total. The molecular formula is C5H4ClN2O+. The summed E-state index contributed by atoms with van der Waals surface area (Å²) >= 11 is 5.47. The van der Waals surface area contributed by atoms with Gasteiger partial charge >= 0.3 is 0 Å². The molecule has 0 spiro atoms. The van der Waals surface area contributed by atoms with Gasteiger partial charge in [-0.05, 0) is 16.8 Å². The van der Waals surface area contributed by atoms with Crippen LogP contribution in [0.4, 0.5) is 5.69 Å². The third-order valence-corrected chi connectivity index (χ3v) is 1.07. The van der Waals surface area contributed by atoms with E-state index in [0.29, 0.717) is 10.8 Å². The maximum atomic E-state index is 9.84. The third-order valence-electron chi connectivity index (χ3n) is 0.855. The van der Waals surface area contributed by atoms with E-state index in [0.717, 1.165) is 0 Å². The van der Waals surface area contributed by atoms with Crippen LogP contribution in [0, 0.1) is 4.91 Å². The van der Waals surface area contributed by atoms with E-state index in [2.05, 4.69) is 10.2 Å². The van der Waals surface area contributed by atoms with Gasteiger partial charge < -0.3 is 0 Å². The molecule has 0 saturated carbocycles. The lowest BCUT2D eigenvalue weighted by molar-refractivity contribution is -0.375. The van der Waals surface area contributed by atoms with Gasteiger partial charge in [0.15, 0.2) is 6.20 Å². The van der Waals surface area contributed by atoms with Crippen molar-refractivity contribution in [3.8, 4) is 0 Å². The number of hydrogen-bond acceptors (Lipinski definition) is 2. The molecule has 1 aromatic rings. The maximum absolute atomic E-state index is 9.84. The Labute approximate surface area is 56.6 Å². The van der Waals surface area contributed by atoms with E-state index in [1.54, 1.807) is 12.3 Å². The monoisotopic (exact) mass is 143 g/mol. The fourth-order valence-corrected chi connectivity index (χ4v) is 0.658. The Morgan fingerprint density at radius 1 is 1.67 bits per heavy atom. The number of aromatic amines is 1. The summed E-state index contributed by atoms with van der Waals surface area (Å²) in [6, 6.07) is 2.99. The summed E-state index contributed by atoms with van der Waals surface area (Å²) < 4.78 is 0. The molecule has 0 aliphatic heterocycles. The molecule has 0 atom stereocenters. The lowest BCUT2D eigenvalue weighted by Crippen LogP contribution is -1.99. The van der Waals surface area contributed by atoms with Crippen molar-refractivity contribution >= 4 is 17.3 Å². The van der Waals surface area contributed by atoms with Crippen molar-refractivity contribution in [1.29, 1.82) is 0 Å². The maximum Gasteiger partial charge on any atom is 0.275 e. The second-order valence-corrected chi connectivity index (χ2v) is 1.89. The van der Waals surface area contributed by atoms with E-state index in [4.69, 9.17) is 11.6 Å². The number of pyridine rings is 1. The first-order valence-electron chi connectivity index (χ1n) is 2.33. The van der Waals surface area contributed by atoms with Crippen LogP contribution in [0.2, 0.25) is 5.15 Å². The fraction of sp³-hybridized carbons (Fsp3) is 0. The predicted octanol–water partition coefficient (Wildman–Crippen LogP) is 1.55. The summed E-state index contributed by atoms with van der Waals surface area (Å²) in [5, 5.41) is 3.09. The summed E-state index contributed by atoms with van der Waals surface area (Å²) in [6.07, 6.45) is 1.55. The minimum Gasteiger partial charge on any atom is -0.201 e. The zero-order valence-corrected chi connectivity index (χ0v) is 5.22. The molecule has 1 aromatic heterocycles. The summed E-state index contributed by atoms with van der Waals surface area (Å²) in [5.41, 5.74) is 0.332. The normalized spacial score (nSPS) is 9.00. The first-order chi connectivity index (χ1) is 4.33. The summed E-state index contributed by atoms with van der Waals surface area (Å²) in [4.78, 5) is 12.5. The van der Waals surface area contributed by atoms with Crippen molar-refractivity contribution in [3.05, 3.63) is 28.4 Å². The second kappa shape index (κ2) is 2.55. The highest BCUT2D eigenvalue weighted by molar-refractivity contribution is 6.28. The molecule has 0 unspecified atom stereocenters. The minimum absolute atomic E-state index is 0.332. The van der Waals surface area contributed by atoms with Gasteiger partial charge in [0.05, 0.1) is 6.07 Å². The zero-order chi connectivity index (χ0) is 6.69. The molecule has 0 fully saturated rings. The Bertz CT molecular complexity index is 226. The molecule has 0 aliphatic rings. The average molecular weight is 144 g/mol. The number of nitrogens with one attached hydrogen (secondary N) is 1. The number of rotatable bonds is 1. The number of H-pyrrole nitrogens is 1. The first kappa shape index (κ1) is 6.16. The molecule has 0 bridgehead atoms. The molecule has 0 aromatic carbocycles. The van der Waals surface area contributed by atoms with Crippen LogP contribution in [-0.2, 0) is 0 Å². The average Bonchev–Trinajstić information content (AvgIpc) is 1.88. The molecule has 0 amide bonds. The zero-order valence-electron chi connectivity index (χ0n) is 4.47. The van der Waals surface area contributed by atoms with Crippen LogP contribution < -0.4 is 4.98 Å². The lowest BCUT2D eigenvalue weighted by atomic mass is 10.4. The van der Waals surface area contributed by atoms with Gasteiger partial charge in [0.1, 0.15) is 5.69 Å². The smallest absolute Gasteiger partial charge is 0.201 e. The molecule has 46 valence electrons. The fourth-order valence-electron chi connectivity index (χ4n) is 0.483. The van der Waals surface area contributed by atoms with Gasteiger partial charge in [0.25, 0.3) is 5.15 Å². The van der Waals surface area contributed by atoms with Crippen LogP contribution in [0.5, 0.6) is 0 Å². The summed E-state index contributed by atoms with van der Waals surface area (Å²) in [7, 11) is 0. The van der Waals surface area contributed by atoms with Gasteiger partial charge in [0, 0.05) is 6.07 Å². The van der Waals surface area contributed by atoms with Gasteiger partial charge in [-0.2, -0.15) is 0 Å². The van der Waals surface area contributed by atoms with E-state index in [-0.39, 0.29) is 0 Å². The highest BCUT2D eigenvalue weighted by Gasteiger charge is 1.96. The van der Waals surface area contributed by atoms with Crippen molar-refractivity contribution < 1.29 is 4.98 Å². The standard InChI is InChI=1S/C5H3ClN2O/c6-5-3-4(8-9)1-2-7-5/h1-3H/p+1. The van der Waals surface area contributed by atoms with Gasteiger partial charge in [-0.1, -0.05) is 0 Å². The van der Waals surface area contributed by atoms with E-state index < -0.39 is 0 Å². The molecule has 3 nitrogen and oxygen atoms in total. The largest absolute Gasteiger partial charge is 0.275 e. The Balaban J connectivity index is 3.07. The van der Waals surface area contributed by atoms with Crippen LogP contribution in [-0.4, -0.2) is 0 Å². The minimum atomic E-state index is 0.332. The molecule has 1 heterocycles. The van der Waals surface area contributed by atoms with Crippen LogP contribution in [0.3, 0.4) is 0 Å². The molecule has 1 rings (SSSR count). The topological polar surface area (TPSA) is 43.6 Å². The van der Waals surface area contributed by atoms with Crippen molar-refractivity contribution in [1.82, 2.24) is 0 Å². The SMILES string of the molecule is O=Nc1cc[nH+]c(Cl)c1. The second-order valence-electron chi connectivity index (χ2n) is 1.49. The van der Waals surface area contributed by atoms with Gasteiger partial charge in [-0.3, -0.25) is 0 Å². The Kier molecular flexibility index (Phi) is 1.75. The number of nitroso groups, excluding NO2 is 1. The van der Waals surface area contributed by atoms with Crippen LogP contribution in [0.1, 0.15) is 0 Å². The molecule has 0 saturated heterocycles. The van der Waals surface area contributed by atoms with Crippen LogP contribution in [0.15, 0.2) is 23.5 Å². The first-order valence-corrected chi connectivity index (χ1v) is 2.71. The Hall–Kier alpha value is -0.960. The van der Waals surface area contributed by atoms with Crippen LogP contribution >= 0.6 is 11.6 Å². The van der Waals surface area contributed by atoms with Crippen molar-refractivity contribution in [2.45, 2.75) is 0 Å². The quantitative estimate of drug-likeness (QED) is 0.435. The number of nitrogens with zero attached hydrogens (tertiary/aromatic N) is 1. The summed E-state index contributed by atoms with van der Waals surface area (Å²) in [6.45, 7) is 0. The highest BCUT2D eigenvalue weighted by atomic mass is 35.5. The Morgan fingerprint density at radius 3 is 2.89 bits per heavy atom. The molecule has 9 heavy (non-hydrogen) atoms. The van der Waals surface area contributed by atoms with E-state index in [1.165, 1.54) is 6.07 Å². The van der Waals surface area contributed by atoms with E-state index in [9.17, 15) is 4.91 Å². The predicted molar refractivity (Wildman–Crippen MR) is 33.5 cm³/mol. The number of hydrogen-bond donors (Lipinski definition) is 0. The van der Waals surface area contributed by atoms with Gasteiger partial charge in [-0.25, -0.2) is 4.98 Å². The van der Waals surface area contributed by atoms with Gasteiger partial charge in [-0.15, -0.1) is 4.91 Å².